The van der Waals surface area contributed by atoms with Crippen LogP contribution in [0.4, 0.5) is 0 Å². The Hall–Kier alpha value is -2.17. The minimum absolute atomic E-state index is 0.156. The molecule has 0 saturated heterocycles. The van der Waals surface area contributed by atoms with Crippen LogP contribution in [0, 0.1) is 0 Å². The molecule has 0 fully saturated rings. The lowest BCUT2D eigenvalue weighted by molar-refractivity contribution is 0.0691. The second-order valence-electron chi connectivity index (χ2n) is 2.72. The zero-order valence-electron chi connectivity index (χ0n) is 7.14. The molecule has 5 nitrogen and oxygen atoms in total. The van der Waals surface area contributed by atoms with Gasteiger partial charge in [-0.1, -0.05) is 0 Å². The van der Waals surface area contributed by atoms with Crippen LogP contribution in [0.5, 0.6) is 0 Å². The molecule has 0 aliphatic rings. The molecule has 2 aromatic heterocycles. The molecule has 2 rings (SSSR count). The second-order valence-corrected chi connectivity index (χ2v) is 2.72. The molecule has 2 heterocycles. The van der Waals surface area contributed by atoms with Gasteiger partial charge < -0.3 is 10.1 Å². The Labute approximate surface area is 79.5 Å². The summed E-state index contributed by atoms with van der Waals surface area (Å²) in [6.45, 7) is 0. The van der Waals surface area contributed by atoms with E-state index in [-0.39, 0.29) is 5.69 Å². The van der Waals surface area contributed by atoms with Crippen molar-refractivity contribution < 1.29 is 9.90 Å². The normalized spacial score (nSPS) is 10.0. The Morgan fingerprint density at radius 2 is 2.00 bits per heavy atom. The van der Waals surface area contributed by atoms with Gasteiger partial charge in [0.2, 0.25) is 0 Å². The largest absolute Gasteiger partial charge is 0.477 e. The molecule has 5 heteroatoms. The van der Waals surface area contributed by atoms with E-state index in [4.69, 9.17) is 5.11 Å². The molecule has 2 aromatic rings. The van der Waals surface area contributed by atoms with Crippen LogP contribution in [0.15, 0.2) is 30.9 Å². The molecule has 2 N–H and O–H groups in total. The molecular formula is C9H7N3O2. The number of carboxylic acid groups (broad SMARTS) is 1. The van der Waals surface area contributed by atoms with Crippen molar-refractivity contribution in [2.45, 2.75) is 0 Å². The van der Waals surface area contributed by atoms with E-state index in [0.717, 1.165) is 5.56 Å². The smallest absolute Gasteiger partial charge is 0.352 e. The summed E-state index contributed by atoms with van der Waals surface area (Å²) in [5, 5.41) is 8.68. The zero-order valence-corrected chi connectivity index (χ0v) is 7.14. The number of rotatable bonds is 2. The lowest BCUT2D eigenvalue weighted by Crippen LogP contribution is -1.95. The first kappa shape index (κ1) is 8.43. The maximum absolute atomic E-state index is 10.6. The first-order valence-electron chi connectivity index (χ1n) is 3.95. The summed E-state index contributed by atoms with van der Waals surface area (Å²) in [4.78, 5) is 21.0. The van der Waals surface area contributed by atoms with Gasteiger partial charge >= 0.3 is 5.97 Å². The second kappa shape index (κ2) is 3.29. The molecule has 0 bridgehead atoms. The van der Waals surface area contributed by atoms with Gasteiger partial charge in [-0.05, 0) is 12.1 Å². The van der Waals surface area contributed by atoms with Crippen molar-refractivity contribution in [1.29, 1.82) is 0 Å². The molecular weight excluding hydrogens is 182 g/mol. The molecule has 0 radical (unpaired) electrons. The number of hydrogen-bond acceptors (Lipinski definition) is 3. The predicted molar refractivity (Wildman–Crippen MR) is 48.8 cm³/mol. The van der Waals surface area contributed by atoms with Gasteiger partial charge in [0.25, 0.3) is 0 Å². The summed E-state index contributed by atoms with van der Waals surface area (Å²) in [5.41, 5.74) is 1.62. The fourth-order valence-corrected chi connectivity index (χ4v) is 1.13. The molecule has 0 unspecified atom stereocenters. The zero-order chi connectivity index (χ0) is 9.97. The van der Waals surface area contributed by atoms with E-state index in [9.17, 15) is 4.79 Å². The van der Waals surface area contributed by atoms with Gasteiger partial charge in [0, 0.05) is 23.7 Å². The summed E-state index contributed by atoms with van der Waals surface area (Å²) in [6, 6.07) is 3.19. The Morgan fingerprint density at radius 1 is 1.29 bits per heavy atom. The number of aromatic nitrogens is 3. The Kier molecular flexibility index (Phi) is 1.98. The van der Waals surface area contributed by atoms with Crippen LogP contribution in [0.1, 0.15) is 10.5 Å². The molecule has 0 aromatic carbocycles. The van der Waals surface area contributed by atoms with Gasteiger partial charge in [-0.3, -0.25) is 0 Å². The van der Waals surface area contributed by atoms with E-state index in [1.54, 1.807) is 18.5 Å². The molecule has 14 heavy (non-hydrogen) atoms. The van der Waals surface area contributed by atoms with Crippen LogP contribution in [0.25, 0.3) is 11.3 Å². The molecule has 0 atom stereocenters. The third kappa shape index (κ3) is 1.47. The van der Waals surface area contributed by atoms with Crippen molar-refractivity contribution in [1.82, 2.24) is 15.0 Å². The monoisotopic (exact) mass is 189 g/mol. The van der Waals surface area contributed by atoms with Crippen molar-refractivity contribution in [2.75, 3.05) is 0 Å². The third-order valence-corrected chi connectivity index (χ3v) is 1.79. The van der Waals surface area contributed by atoms with Gasteiger partial charge in [-0.15, -0.1) is 0 Å². The minimum Gasteiger partial charge on any atom is -0.477 e. The summed E-state index contributed by atoms with van der Waals surface area (Å²) in [5.74, 6) is -0.979. The Morgan fingerprint density at radius 3 is 2.57 bits per heavy atom. The van der Waals surface area contributed by atoms with E-state index in [2.05, 4.69) is 15.0 Å². The van der Waals surface area contributed by atoms with Gasteiger partial charge in [-0.25, -0.2) is 14.8 Å². The lowest BCUT2D eigenvalue weighted by Gasteiger charge is -1.94. The number of aromatic amines is 1. The Balaban J connectivity index is 2.39. The number of nitrogens with one attached hydrogen (secondary N) is 1. The number of aromatic carboxylic acids is 1. The highest BCUT2D eigenvalue weighted by atomic mass is 16.4. The van der Waals surface area contributed by atoms with Crippen LogP contribution in [-0.2, 0) is 0 Å². The molecule has 0 aliphatic heterocycles. The lowest BCUT2D eigenvalue weighted by atomic mass is 10.2. The van der Waals surface area contributed by atoms with E-state index in [0.29, 0.717) is 5.69 Å². The van der Waals surface area contributed by atoms with Crippen LogP contribution in [0.2, 0.25) is 0 Å². The molecule has 70 valence electrons. The molecule has 0 saturated carbocycles. The minimum atomic E-state index is -0.979. The predicted octanol–water partition coefficient (Wildman–Crippen LogP) is 1.17. The molecule has 0 amide bonds. The van der Waals surface area contributed by atoms with Crippen molar-refractivity contribution in [3.05, 3.63) is 36.5 Å². The number of nitrogens with zero attached hydrogens (tertiary/aromatic N) is 2. The number of carbonyl (C=O) groups is 1. The first-order valence-corrected chi connectivity index (χ1v) is 3.95. The van der Waals surface area contributed by atoms with E-state index < -0.39 is 5.97 Å². The van der Waals surface area contributed by atoms with Gasteiger partial charge in [-0.2, -0.15) is 0 Å². The average Bonchev–Trinajstić information content (AvgIpc) is 2.68. The van der Waals surface area contributed by atoms with Crippen molar-refractivity contribution in [3.8, 4) is 11.3 Å². The fraction of sp³-hybridized carbons (Fsp3) is 0. The van der Waals surface area contributed by atoms with Gasteiger partial charge in [0.05, 0.1) is 0 Å². The topological polar surface area (TPSA) is 78.9 Å². The SMILES string of the molecule is O=C(O)c1ccc(-c2cncnc2)[nH]1. The van der Waals surface area contributed by atoms with Crippen LogP contribution >= 0.6 is 0 Å². The third-order valence-electron chi connectivity index (χ3n) is 1.79. The summed E-state index contributed by atoms with van der Waals surface area (Å²) < 4.78 is 0. The van der Waals surface area contributed by atoms with Crippen molar-refractivity contribution >= 4 is 5.97 Å². The summed E-state index contributed by atoms with van der Waals surface area (Å²) >= 11 is 0. The first-order chi connectivity index (χ1) is 6.77. The van der Waals surface area contributed by atoms with Gasteiger partial charge in [0.1, 0.15) is 12.0 Å². The number of hydrogen-bond donors (Lipinski definition) is 2. The maximum atomic E-state index is 10.6. The molecule has 0 aliphatic carbocycles. The Bertz CT molecular complexity index is 450. The highest BCUT2D eigenvalue weighted by Crippen LogP contribution is 2.15. The fourth-order valence-electron chi connectivity index (χ4n) is 1.13. The highest BCUT2D eigenvalue weighted by Gasteiger charge is 2.06. The van der Waals surface area contributed by atoms with Crippen LogP contribution in [-0.4, -0.2) is 26.0 Å². The van der Waals surface area contributed by atoms with Gasteiger partial charge in [0.15, 0.2) is 0 Å². The van der Waals surface area contributed by atoms with E-state index in [1.165, 1.54) is 12.4 Å². The van der Waals surface area contributed by atoms with Crippen LogP contribution < -0.4 is 0 Å². The summed E-state index contributed by atoms with van der Waals surface area (Å²) in [7, 11) is 0. The standard InChI is InChI=1S/C9H7N3O2/c13-9(14)8-2-1-7(12-8)6-3-10-5-11-4-6/h1-5,12H,(H,13,14). The quantitative estimate of drug-likeness (QED) is 0.743. The maximum Gasteiger partial charge on any atom is 0.352 e. The molecule has 0 spiro atoms. The summed E-state index contributed by atoms with van der Waals surface area (Å²) in [6.07, 6.45) is 4.65. The van der Waals surface area contributed by atoms with E-state index >= 15 is 0 Å². The van der Waals surface area contributed by atoms with Crippen molar-refractivity contribution in [3.63, 3.8) is 0 Å². The number of H-pyrrole nitrogens is 1. The average molecular weight is 189 g/mol. The number of carboxylic acids is 1. The highest BCUT2D eigenvalue weighted by molar-refractivity contribution is 5.86. The van der Waals surface area contributed by atoms with E-state index in [1.807, 2.05) is 0 Å². The van der Waals surface area contributed by atoms with Crippen LogP contribution in [0.3, 0.4) is 0 Å². The van der Waals surface area contributed by atoms with Crippen molar-refractivity contribution in [2.24, 2.45) is 0 Å².